The van der Waals surface area contributed by atoms with Crippen LogP contribution in [0.25, 0.3) is 5.32 Å². The fourth-order valence-electron chi connectivity index (χ4n) is 0.823. The van der Waals surface area contributed by atoms with Crippen LogP contribution >= 0.6 is 0 Å². The van der Waals surface area contributed by atoms with E-state index in [-0.39, 0.29) is 57.3 Å². The zero-order valence-electron chi connectivity index (χ0n) is 6.85. The van der Waals surface area contributed by atoms with Gasteiger partial charge in [-0.05, 0) is 6.92 Å². The van der Waals surface area contributed by atoms with Crippen molar-refractivity contribution in [1.29, 1.82) is 0 Å². The van der Waals surface area contributed by atoms with Gasteiger partial charge >= 0.3 is 51.4 Å². The van der Waals surface area contributed by atoms with Gasteiger partial charge in [0, 0.05) is 5.57 Å². The second-order valence-corrected chi connectivity index (χ2v) is 2.11. The summed E-state index contributed by atoms with van der Waals surface area (Å²) in [6, 6.07) is 0. The third-order valence-corrected chi connectivity index (χ3v) is 1.51. The van der Waals surface area contributed by atoms with Gasteiger partial charge in [0.15, 0.2) is 0 Å². The first-order valence-electron chi connectivity index (χ1n) is 2.95. The SMILES string of the molecule is C=CC1=C(C)C(=C)[N-]C1=O.[K+]. The van der Waals surface area contributed by atoms with Gasteiger partial charge in [-0.1, -0.05) is 18.2 Å². The van der Waals surface area contributed by atoms with Crippen LogP contribution in [0.15, 0.2) is 36.1 Å². The van der Waals surface area contributed by atoms with Crippen molar-refractivity contribution in [3.05, 3.63) is 41.4 Å². The predicted molar refractivity (Wildman–Crippen MR) is 40.4 cm³/mol. The van der Waals surface area contributed by atoms with Crippen LogP contribution in [-0.4, -0.2) is 5.91 Å². The van der Waals surface area contributed by atoms with Crippen LogP contribution in [0.3, 0.4) is 0 Å². The number of hydrogen-bond acceptors (Lipinski definition) is 1. The van der Waals surface area contributed by atoms with Gasteiger partial charge in [-0.2, -0.15) is 0 Å². The van der Waals surface area contributed by atoms with E-state index in [9.17, 15) is 4.79 Å². The molecule has 0 N–H and O–H groups in total. The van der Waals surface area contributed by atoms with Crippen LogP contribution in [-0.2, 0) is 4.79 Å². The maximum atomic E-state index is 10.9. The van der Waals surface area contributed by atoms with E-state index in [1.165, 1.54) is 6.08 Å². The molecule has 1 amide bonds. The fourth-order valence-corrected chi connectivity index (χ4v) is 0.823. The van der Waals surface area contributed by atoms with Crippen LogP contribution in [0.1, 0.15) is 6.92 Å². The molecule has 1 heterocycles. The quantitative estimate of drug-likeness (QED) is 0.464. The van der Waals surface area contributed by atoms with Crippen molar-refractivity contribution in [3.8, 4) is 0 Å². The van der Waals surface area contributed by atoms with Crippen molar-refractivity contribution in [3.63, 3.8) is 0 Å². The van der Waals surface area contributed by atoms with Gasteiger partial charge < -0.3 is 10.1 Å². The van der Waals surface area contributed by atoms with E-state index in [0.717, 1.165) is 5.57 Å². The standard InChI is InChI=1S/C8H9NO.K/c1-4-7-5(2)6(3)9-8(7)10;/h4H,1,3H2,2H3,(H,9,10);/q;+1/p-1. The van der Waals surface area contributed by atoms with E-state index >= 15 is 0 Å². The van der Waals surface area contributed by atoms with E-state index in [4.69, 9.17) is 0 Å². The summed E-state index contributed by atoms with van der Waals surface area (Å²) in [6.07, 6.45) is 1.51. The molecule has 0 bridgehead atoms. The zero-order chi connectivity index (χ0) is 7.72. The first-order valence-corrected chi connectivity index (χ1v) is 2.95. The average molecular weight is 173 g/mol. The molecule has 0 radical (unpaired) electrons. The molecule has 11 heavy (non-hydrogen) atoms. The molecule has 52 valence electrons. The Balaban J connectivity index is 0.000001000. The van der Waals surface area contributed by atoms with Gasteiger partial charge in [0.1, 0.15) is 0 Å². The van der Waals surface area contributed by atoms with Gasteiger partial charge in [0.2, 0.25) is 0 Å². The minimum atomic E-state index is -0.225. The number of amides is 1. The van der Waals surface area contributed by atoms with Crippen molar-refractivity contribution in [2.45, 2.75) is 6.92 Å². The Labute approximate surface area is 109 Å². The van der Waals surface area contributed by atoms with Crippen molar-refractivity contribution < 1.29 is 56.2 Å². The second kappa shape index (κ2) is 4.38. The Morgan fingerprint density at radius 2 is 2.09 bits per heavy atom. The van der Waals surface area contributed by atoms with E-state index in [0.29, 0.717) is 11.3 Å². The molecule has 0 saturated carbocycles. The fraction of sp³-hybridized carbons (Fsp3) is 0.125. The van der Waals surface area contributed by atoms with Crippen molar-refractivity contribution in [1.82, 2.24) is 0 Å². The molecule has 0 spiro atoms. The third kappa shape index (κ3) is 2.13. The van der Waals surface area contributed by atoms with Crippen LogP contribution in [0.2, 0.25) is 0 Å². The van der Waals surface area contributed by atoms with Crippen molar-refractivity contribution >= 4 is 5.91 Å². The van der Waals surface area contributed by atoms with Crippen molar-refractivity contribution in [2.75, 3.05) is 0 Å². The molecule has 0 unspecified atom stereocenters. The van der Waals surface area contributed by atoms with Gasteiger partial charge in [-0.15, -0.1) is 12.3 Å². The summed E-state index contributed by atoms with van der Waals surface area (Å²) < 4.78 is 0. The first kappa shape index (κ1) is 11.3. The molecule has 0 aromatic rings. The summed E-state index contributed by atoms with van der Waals surface area (Å²) in [5.74, 6) is -0.225. The van der Waals surface area contributed by atoms with E-state index in [1.807, 2.05) is 6.92 Å². The Hall–Kier alpha value is 0.326. The molecule has 0 aromatic heterocycles. The van der Waals surface area contributed by atoms with Gasteiger partial charge in [-0.25, -0.2) is 0 Å². The summed E-state index contributed by atoms with van der Waals surface area (Å²) in [5.41, 5.74) is 1.96. The van der Waals surface area contributed by atoms with Gasteiger partial charge in [-0.3, -0.25) is 0 Å². The maximum Gasteiger partial charge on any atom is 1.00 e. The first-order chi connectivity index (χ1) is 4.66. The zero-order valence-corrected chi connectivity index (χ0v) is 9.97. The summed E-state index contributed by atoms with van der Waals surface area (Å²) in [5, 5.41) is 3.64. The molecule has 3 heteroatoms. The molecule has 1 rings (SSSR count). The largest absolute Gasteiger partial charge is 1.00 e. The van der Waals surface area contributed by atoms with Crippen LogP contribution in [0.4, 0.5) is 0 Å². The summed E-state index contributed by atoms with van der Waals surface area (Å²) in [4.78, 5) is 10.9. The van der Waals surface area contributed by atoms with Crippen LogP contribution in [0, 0.1) is 0 Å². The molecule has 0 atom stereocenters. The molecular formula is C8H8KNO. The smallest absolute Gasteiger partial charge is 0.623 e. The molecule has 1 aliphatic heterocycles. The van der Waals surface area contributed by atoms with E-state index in [1.54, 1.807) is 0 Å². The molecule has 2 nitrogen and oxygen atoms in total. The normalized spacial score (nSPS) is 16.1. The summed E-state index contributed by atoms with van der Waals surface area (Å²) in [6.45, 7) is 8.90. The topological polar surface area (TPSA) is 31.2 Å². The Kier molecular flexibility index (Phi) is 4.51. The van der Waals surface area contributed by atoms with Gasteiger partial charge in [0.25, 0.3) is 0 Å². The molecule has 0 aliphatic carbocycles. The number of allylic oxidation sites excluding steroid dienone is 1. The molecule has 0 aromatic carbocycles. The minimum absolute atomic E-state index is 0. The molecule has 0 fully saturated rings. The molecule has 0 saturated heterocycles. The Morgan fingerprint density at radius 3 is 2.27 bits per heavy atom. The number of carbonyl (C=O) groups is 1. The summed E-state index contributed by atoms with van der Waals surface area (Å²) >= 11 is 0. The van der Waals surface area contributed by atoms with Gasteiger partial charge in [0.05, 0.1) is 5.91 Å². The van der Waals surface area contributed by atoms with Crippen LogP contribution in [0.5, 0.6) is 0 Å². The Bertz CT molecular complexity index is 253. The van der Waals surface area contributed by atoms with E-state index in [2.05, 4.69) is 18.5 Å². The number of hydrogen-bond donors (Lipinski definition) is 0. The van der Waals surface area contributed by atoms with E-state index < -0.39 is 0 Å². The van der Waals surface area contributed by atoms with Crippen molar-refractivity contribution in [2.24, 2.45) is 0 Å². The van der Waals surface area contributed by atoms with Crippen LogP contribution < -0.4 is 51.4 Å². The monoisotopic (exact) mass is 173 g/mol. The second-order valence-electron chi connectivity index (χ2n) is 2.11. The summed E-state index contributed by atoms with van der Waals surface area (Å²) in [7, 11) is 0. The molecular weight excluding hydrogens is 165 g/mol. The Morgan fingerprint density at radius 1 is 1.55 bits per heavy atom. The third-order valence-electron chi connectivity index (χ3n) is 1.51. The minimum Gasteiger partial charge on any atom is -0.623 e. The number of carbonyl (C=O) groups excluding carboxylic acids is 1. The predicted octanol–water partition coefficient (Wildman–Crippen LogP) is -1.08. The maximum absolute atomic E-state index is 10.9. The average Bonchev–Trinajstić information content (AvgIpc) is 2.09. The molecule has 1 aliphatic rings. The number of rotatable bonds is 1. The number of nitrogens with zero attached hydrogens (tertiary/aromatic N) is 1.